The van der Waals surface area contributed by atoms with Crippen LogP contribution in [0.25, 0.3) is 0 Å². The van der Waals surface area contributed by atoms with Crippen molar-refractivity contribution >= 4 is 33.1 Å². The van der Waals surface area contributed by atoms with Crippen LogP contribution in [0.4, 0.5) is 0 Å². The van der Waals surface area contributed by atoms with Crippen LogP contribution in [-0.2, 0) is 4.12 Å². The summed E-state index contributed by atoms with van der Waals surface area (Å²) in [6.07, 6.45) is 1.34. The molecule has 0 spiro atoms. The lowest BCUT2D eigenvalue weighted by Gasteiger charge is -2.44. The van der Waals surface area contributed by atoms with Gasteiger partial charge in [0.1, 0.15) is 16.5 Å². The smallest absolute Gasteiger partial charge is 0.179 e. The highest BCUT2D eigenvalue weighted by Gasteiger charge is 2.37. The lowest BCUT2D eigenvalue weighted by molar-refractivity contribution is 0.514. The molecule has 0 aliphatic carbocycles. The summed E-state index contributed by atoms with van der Waals surface area (Å²) in [4.78, 5) is 0. The molecule has 0 aliphatic rings. The van der Waals surface area contributed by atoms with E-state index in [1.54, 1.807) is 0 Å². The molecule has 0 N–H and O–H groups in total. The first-order valence-corrected chi connectivity index (χ1v) is 22.0. The van der Waals surface area contributed by atoms with Gasteiger partial charge in [0.2, 0.25) is 0 Å². The Morgan fingerprint density at radius 1 is 0.727 bits per heavy atom. The third-order valence-corrected chi connectivity index (χ3v) is 20.2. The lowest BCUT2D eigenvalue weighted by Crippen LogP contribution is -2.59. The van der Waals surface area contributed by atoms with Crippen LogP contribution >= 0.6 is 0 Å². The zero-order chi connectivity index (χ0) is 17.8. The molecule has 0 bridgehead atoms. The SMILES string of the molecule is CC[Si](CC)(CCCN([Si](C)(C)C)[Si](C)(C)C)O[Si](C)(C)C. The zero-order valence-corrected chi connectivity index (χ0v) is 21.4. The summed E-state index contributed by atoms with van der Waals surface area (Å²) in [6.45, 7) is 28.2. The molecule has 0 rings (SSSR count). The van der Waals surface area contributed by atoms with Crippen LogP contribution in [0.3, 0.4) is 0 Å². The van der Waals surface area contributed by atoms with Gasteiger partial charge in [0.25, 0.3) is 0 Å². The molecule has 0 atom stereocenters. The van der Waals surface area contributed by atoms with E-state index in [1.807, 2.05) is 0 Å². The van der Waals surface area contributed by atoms with Crippen LogP contribution in [0.2, 0.25) is 77.1 Å². The molecule has 134 valence electrons. The van der Waals surface area contributed by atoms with Crippen molar-refractivity contribution in [1.82, 2.24) is 4.23 Å². The van der Waals surface area contributed by atoms with E-state index in [-0.39, 0.29) is 0 Å². The second-order valence-corrected chi connectivity index (χ2v) is 29.2. The van der Waals surface area contributed by atoms with E-state index in [9.17, 15) is 0 Å². The fraction of sp³-hybridized carbons (Fsp3) is 1.00. The van der Waals surface area contributed by atoms with E-state index in [2.05, 4.69) is 77.0 Å². The van der Waals surface area contributed by atoms with Crippen LogP contribution < -0.4 is 0 Å². The van der Waals surface area contributed by atoms with Crippen molar-refractivity contribution in [3.63, 3.8) is 0 Å². The number of hydrogen-bond donors (Lipinski definition) is 0. The molecule has 0 radical (unpaired) electrons. The summed E-state index contributed by atoms with van der Waals surface area (Å²) in [5, 5.41) is 0. The molecule has 0 saturated heterocycles. The highest BCUT2D eigenvalue weighted by molar-refractivity contribution is 6.89. The summed E-state index contributed by atoms with van der Waals surface area (Å²) in [7, 11) is -5.33. The predicted octanol–water partition coefficient (Wildman–Crippen LogP) is 6.19. The Hall–Kier alpha value is 0.788. The highest BCUT2D eigenvalue weighted by atomic mass is 28.4. The van der Waals surface area contributed by atoms with Crippen LogP contribution in [0.5, 0.6) is 0 Å². The Balaban J connectivity index is 4.87. The molecular weight excluding hydrogens is 335 g/mol. The van der Waals surface area contributed by atoms with Crippen molar-refractivity contribution in [2.75, 3.05) is 6.54 Å². The molecule has 0 amide bonds. The third-order valence-electron chi connectivity index (χ3n) is 4.44. The van der Waals surface area contributed by atoms with Crippen molar-refractivity contribution in [1.29, 1.82) is 0 Å². The average molecular weight is 378 g/mol. The van der Waals surface area contributed by atoms with Crippen molar-refractivity contribution in [2.45, 2.75) is 97.3 Å². The Labute approximate surface area is 145 Å². The largest absolute Gasteiger partial charge is 0.455 e. The topological polar surface area (TPSA) is 12.5 Å². The second kappa shape index (κ2) is 8.25. The van der Waals surface area contributed by atoms with Crippen molar-refractivity contribution in [3.05, 3.63) is 0 Å². The molecule has 2 nitrogen and oxygen atoms in total. The molecular formula is C16H43NOSi4. The first-order chi connectivity index (χ1) is 9.67. The van der Waals surface area contributed by atoms with Gasteiger partial charge in [-0.05, 0) is 50.7 Å². The summed E-state index contributed by atoms with van der Waals surface area (Å²) in [5.74, 6) is 0. The molecule has 0 fully saturated rings. The summed E-state index contributed by atoms with van der Waals surface area (Å²) in [5.41, 5.74) is 0. The quantitative estimate of drug-likeness (QED) is 0.421. The molecule has 0 aromatic rings. The standard InChI is InChI=1S/C16H43NOSi4/c1-12-22(13-2,18-21(9,10)11)16-14-15-17(19(3,4)5)20(6,7)8/h12-16H2,1-11H3. The number of rotatable bonds is 10. The normalized spacial score (nSPS) is 14.7. The van der Waals surface area contributed by atoms with Gasteiger partial charge in [0.05, 0.1) is 0 Å². The van der Waals surface area contributed by atoms with E-state index in [0.717, 1.165) is 0 Å². The van der Waals surface area contributed by atoms with Crippen molar-refractivity contribution < 1.29 is 4.12 Å². The van der Waals surface area contributed by atoms with Crippen LogP contribution in [-0.4, -0.2) is 43.9 Å². The molecule has 0 aromatic carbocycles. The zero-order valence-electron chi connectivity index (χ0n) is 17.4. The average Bonchev–Trinajstić information content (AvgIpc) is 2.28. The Morgan fingerprint density at radius 2 is 1.14 bits per heavy atom. The summed E-state index contributed by atoms with van der Waals surface area (Å²) < 4.78 is 9.69. The van der Waals surface area contributed by atoms with E-state index in [4.69, 9.17) is 4.12 Å². The van der Waals surface area contributed by atoms with Gasteiger partial charge >= 0.3 is 0 Å². The summed E-state index contributed by atoms with van der Waals surface area (Å²) in [6, 6.07) is 3.93. The van der Waals surface area contributed by atoms with Gasteiger partial charge in [-0.15, -0.1) is 0 Å². The minimum atomic E-state index is -1.50. The minimum absolute atomic E-state index is 1.21. The van der Waals surface area contributed by atoms with E-state index >= 15 is 0 Å². The molecule has 0 aromatic heterocycles. The Morgan fingerprint density at radius 3 is 1.41 bits per heavy atom. The Kier molecular flexibility index (Phi) is 8.54. The maximum Gasteiger partial charge on any atom is 0.179 e. The van der Waals surface area contributed by atoms with E-state index in [0.29, 0.717) is 0 Å². The van der Waals surface area contributed by atoms with Gasteiger partial charge in [0.15, 0.2) is 16.6 Å². The van der Waals surface area contributed by atoms with E-state index in [1.165, 1.54) is 31.1 Å². The van der Waals surface area contributed by atoms with Gasteiger partial charge in [0, 0.05) is 0 Å². The Bertz CT molecular complexity index is 311. The first-order valence-electron chi connectivity index (χ1n) is 9.15. The second-order valence-electron chi connectivity index (χ2n) is 9.70. The molecule has 0 heterocycles. The number of hydrogen-bond acceptors (Lipinski definition) is 2. The summed E-state index contributed by atoms with van der Waals surface area (Å²) >= 11 is 0. The van der Waals surface area contributed by atoms with Gasteiger partial charge in [-0.2, -0.15) is 0 Å². The minimum Gasteiger partial charge on any atom is -0.455 e. The maximum atomic E-state index is 6.76. The molecule has 0 saturated carbocycles. The van der Waals surface area contributed by atoms with Gasteiger partial charge in [-0.3, -0.25) is 0 Å². The first kappa shape index (κ1) is 22.8. The van der Waals surface area contributed by atoms with Gasteiger partial charge in [-0.1, -0.05) is 53.1 Å². The van der Waals surface area contributed by atoms with E-state index < -0.39 is 33.1 Å². The molecule has 0 aliphatic heterocycles. The fourth-order valence-corrected chi connectivity index (χ4v) is 22.2. The monoisotopic (exact) mass is 377 g/mol. The molecule has 0 unspecified atom stereocenters. The van der Waals surface area contributed by atoms with Gasteiger partial charge < -0.3 is 8.35 Å². The van der Waals surface area contributed by atoms with Crippen LogP contribution in [0.15, 0.2) is 0 Å². The third kappa shape index (κ3) is 8.06. The van der Waals surface area contributed by atoms with Crippen molar-refractivity contribution in [3.8, 4) is 0 Å². The maximum absolute atomic E-state index is 6.76. The fourth-order valence-electron chi connectivity index (χ4n) is 3.68. The van der Waals surface area contributed by atoms with Crippen molar-refractivity contribution in [2.24, 2.45) is 0 Å². The van der Waals surface area contributed by atoms with Gasteiger partial charge in [-0.25, -0.2) is 0 Å². The van der Waals surface area contributed by atoms with Crippen LogP contribution in [0, 0.1) is 0 Å². The lowest BCUT2D eigenvalue weighted by atomic mass is 10.5. The predicted molar refractivity (Wildman–Crippen MR) is 114 cm³/mol. The molecule has 22 heavy (non-hydrogen) atoms. The molecule has 6 heteroatoms. The highest BCUT2D eigenvalue weighted by Crippen LogP contribution is 2.29. The van der Waals surface area contributed by atoms with Crippen LogP contribution in [0.1, 0.15) is 20.3 Å². The number of nitrogens with zero attached hydrogens (tertiary/aromatic N) is 1.